The van der Waals surface area contributed by atoms with E-state index in [0.717, 1.165) is 5.56 Å². The molecule has 5 unspecified atom stereocenters. The fraction of sp³-hybridized carbons (Fsp3) is 0.271. The summed E-state index contributed by atoms with van der Waals surface area (Å²) < 4.78 is 44.8. The van der Waals surface area contributed by atoms with Gasteiger partial charge in [-0.05, 0) is 60.0 Å². The first kappa shape index (κ1) is 48.6. The molecule has 0 aliphatic carbocycles. The molecule has 1 aliphatic rings. The number of fused-ring (bicyclic) bond motifs is 1. The lowest BCUT2D eigenvalue weighted by molar-refractivity contribution is -0.217. The number of esters is 1. The molecular formula is C48H47N7O12PS-. The molecule has 7 aromatic rings. The number of imidazole rings is 1. The van der Waals surface area contributed by atoms with Crippen LogP contribution in [0.4, 0.5) is 5.82 Å². The first-order chi connectivity index (χ1) is 33.3. The minimum atomic E-state index is -4.53. The van der Waals surface area contributed by atoms with E-state index in [1.165, 1.54) is 37.3 Å². The van der Waals surface area contributed by atoms with Gasteiger partial charge >= 0.3 is 11.7 Å². The molecule has 0 radical (unpaired) electrons. The predicted molar refractivity (Wildman–Crippen MR) is 253 cm³/mol. The van der Waals surface area contributed by atoms with Crippen LogP contribution in [0, 0.1) is 6.92 Å². The normalized spacial score (nSPS) is 17.2. The van der Waals surface area contributed by atoms with Crippen LogP contribution in [-0.4, -0.2) is 86.7 Å². The number of H-pyrrole nitrogens is 1. The average molecular weight is 977 g/mol. The van der Waals surface area contributed by atoms with Crippen molar-refractivity contribution >= 4 is 47.4 Å². The monoisotopic (exact) mass is 976 g/mol. The summed E-state index contributed by atoms with van der Waals surface area (Å²) in [4.78, 5) is 80.4. The molecule has 0 bridgehead atoms. The van der Waals surface area contributed by atoms with Crippen LogP contribution in [0.2, 0.25) is 0 Å². The first-order valence-corrected chi connectivity index (χ1v) is 24.1. The van der Waals surface area contributed by atoms with Crippen LogP contribution in [0.5, 0.6) is 11.5 Å². The SMILES string of the molecule is COc1ccc(C(OCC(Cn2cnc3c(NC(=O)c4ccccc4)ncnc32)OP([O-])(=S)OCC2OC(n3cc(C)c(=O)[nH]c3=O)CC2OC(C)=O)(c2ccccc2)c2ccc(OC)cc2)cc1. The van der Waals surface area contributed by atoms with E-state index in [4.69, 9.17) is 44.5 Å². The Labute approximate surface area is 400 Å². The van der Waals surface area contributed by atoms with E-state index in [1.807, 2.05) is 78.9 Å². The molecule has 3 aromatic heterocycles. The summed E-state index contributed by atoms with van der Waals surface area (Å²) in [5, 5.41) is 2.80. The van der Waals surface area contributed by atoms with E-state index >= 15 is 0 Å². The zero-order chi connectivity index (χ0) is 48.7. The second-order valence-corrected chi connectivity index (χ2v) is 18.6. The van der Waals surface area contributed by atoms with Crippen molar-refractivity contribution in [1.29, 1.82) is 0 Å². The second-order valence-electron chi connectivity index (χ2n) is 15.9. The van der Waals surface area contributed by atoms with Gasteiger partial charge in [-0.25, -0.2) is 19.7 Å². The van der Waals surface area contributed by atoms with Crippen molar-refractivity contribution in [3.8, 4) is 11.5 Å². The van der Waals surface area contributed by atoms with Gasteiger partial charge in [0.2, 0.25) is 0 Å². The molecule has 1 amide bonds. The van der Waals surface area contributed by atoms with E-state index in [9.17, 15) is 24.1 Å². The number of methoxy groups -OCH3 is 2. The molecule has 21 heteroatoms. The number of benzene rings is 4. The third-order valence-electron chi connectivity index (χ3n) is 11.4. The number of amides is 1. The van der Waals surface area contributed by atoms with Crippen LogP contribution in [0.25, 0.3) is 11.2 Å². The van der Waals surface area contributed by atoms with E-state index in [1.54, 1.807) is 49.1 Å². The number of anilines is 1. The van der Waals surface area contributed by atoms with Gasteiger partial charge < -0.3 is 47.5 Å². The number of aromatic amines is 1. The fourth-order valence-electron chi connectivity index (χ4n) is 8.04. The Kier molecular flexibility index (Phi) is 14.9. The summed E-state index contributed by atoms with van der Waals surface area (Å²) in [7, 11) is 3.15. The molecule has 8 rings (SSSR count). The summed E-state index contributed by atoms with van der Waals surface area (Å²) in [5.74, 6) is 0.334. The van der Waals surface area contributed by atoms with Crippen LogP contribution < -0.4 is 30.9 Å². The topological polar surface area (TPSA) is 232 Å². The Morgan fingerprint density at radius 3 is 2.16 bits per heavy atom. The molecule has 358 valence electrons. The van der Waals surface area contributed by atoms with E-state index in [-0.39, 0.29) is 36.5 Å². The zero-order valence-corrected chi connectivity index (χ0v) is 39.5. The molecule has 1 saturated heterocycles. The number of hydrogen-bond acceptors (Lipinski definition) is 16. The quantitative estimate of drug-likeness (QED) is 0.0605. The van der Waals surface area contributed by atoms with Crippen LogP contribution in [0.15, 0.2) is 138 Å². The highest BCUT2D eigenvalue weighted by atomic mass is 32.5. The lowest BCUT2D eigenvalue weighted by Gasteiger charge is -2.39. The highest BCUT2D eigenvalue weighted by Gasteiger charge is 2.41. The number of aromatic nitrogens is 6. The first-order valence-electron chi connectivity index (χ1n) is 21.6. The van der Waals surface area contributed by atoms with Gasteiger partial charge in [-0.15, -0.1) is 0 Å². The Morgan fingerprint density at radius 2 is 1.54 bits per heavy atom. The minimum Gasteiger partial charge on any atom is -0.780 e. The van der Waals surface area contributed by atoms with Gasteiger partial charge in [0, 0.05) is 30.7 Å². The number of carbonyl (C=O) groups excluding carboxylic acids is 2. The summed E-state index contributed by atoms with van der Waals surface area (Å²) in [6.07, 6.45) is -0.109. The van der Waals surface area contributed by atoms with Gasteiger partial charge in [-0.1, -0.05) is 84.6 Å². The maximum Gasteiger partial charge on any atom is 0.330 e. The lowest BCUT2D eigenvalue weighted by atomic mass is 9.80. The molecule has 0 saturated carbocycles. The average Bonchev–Trinajstić information content (AvgIpc) is 3.96. The van der Waals surface area contributed by atoms with Gasteiger partial charge in [0.05, 0.1) is 40.3 Å². The van der Waals surface area contributed by atoms with Crippen molar-refractivity contribution in [3.63, 3.8) is 0 Å². The maximum atomic E-state index is 14.5. The third kappa shape index (κ3) is 11.0. The minimum absolute atomic E-state index is 0.000307. The Morgan fingerprint density at radius 1 is 0.913 bits per heavy atom. The molecule has 5 atom stereocenters. The van der Waals surface area contributed by atoms with E-state index in [2.05, 4.69) is 25.3 Å². The van der Waals surface area contributed by atoms with Crippen LogP contribution in [0.3, 0.4) is 0 Å². The van der Waals surface area contributed by atoms with E-state index in [0.29, 0.717) is 33.8 Å². The molecule has 0 spiro atoms. The molecular weight excluding hydrogens is 930 g/mol. The number of rotatable bonds is 19. The van der Waals surface area contributed by atoms with Crippen molar-refractivity contribution in [2.45, 2.75) is 57.0 Å². The van der Waals surface area contributed by atoms with Gasteiger partial charge in [0.25, 0.3) is 11.5 Å². The number of nitrogens with zero attached hydrogens (tertiary/aromatic N) is 5. The molecule has 4 aromatic carbocycles. The summed E-state index contributed by atoms with van der Waals surface area (Å²) in [5.41, 5.74) is 0.714. The van der Waals surface area contributed by atoms with Crippen LogP contribution >= 0.6 is 6.72 Å². The molecule has 4 heterocycles. The Balaban J connectivity index is 1.14. The Bertz CT molecular complexity index is 3030. The number of hydrogen-bond donors (Lipinski definition) is 2. The molecule has 69 heavy (non-hydrogen) atoms. The largest absolute Gasteiger partial charge is 0.780 e. The number of ether oxygens (including phenoxy) is 5. The second kappa shape index (κ2) is 21.2. The number of aryl methyl sites for hydroxylation is 1. The van der Waals surface area contributed by atoms with Gasteiger partial charge in [-0.2, -0.15) is 0 Å². The van der Waals surface area contributed by atoms with Crippen molar-refractivity contribution in [2.24, 2.45) is 0 Å². The van der Waals surface area contributed by atoms with Crippen molar-refractivity contribution in [1.82, 2.24) is 29.1 Å². The lowest BCUT2D eigenvalue weighted by Crippen LogP contribution is -2.38. The number of nitrogens with one attached hydrogen (secondary N) is 2. The highest BCUT2D eigenvalue weighted by molar-refractivity contribution is 8.06. The predicted octanol–water partition coefficient (Wildman–Crippen LogP) is 5.17. The van der Waals surface area contributed by atoms with E-state index < -0.39 is 66.6 Å². The van der Waals surface area contributed by atoms with Crippen molar-refractivity contribution < 1.29 is 47.2 Å². The zero-order valence-electron chi connectivity index (χ0n) is 37.8. The van der Waals surface area contributed by atoms with Crippen molar-refractivity contribution in [3.05, 3.63) is 177 Å². The highest BCUT2D eigenvalue weighted by Crippen LogP contribution is 2.45. The standard InChI is InChI=1S/C48H48N7O12PS/c1-30-24-55(47(59)53-45(30)57)41-23-39(65-31(2)56)40(66-41)27-64-68(60,69)67-38(25-54-29-51-42-43(49-28-50-44(42)54)52-46(58)32-11-7-5-8-12-32)26-63-48(33-13-9-6-10-14-33,34-15-19-36(61-3)20-16-34)35-17-21-37(62-4)22-18-35/h5-22,24,28-29,38-41H,23,25-27H2,1-4H3,(H,60,69)(H,53,57,59)(H,49,50,52,58)/p-1. The third-order valence-corrected chi connectivity index (χ3v) is 13.0. The molecule has 2 N–H and O–H groups in total. The van der Waals surface area contributed by atoms with Crippen LogP contribution in [-0.2, 0) is 52.0 Å². The smallest absolute Gasteiger partial charge is 0.330 e. The van der Waals surface area contributed by atoms with Crippen molar-refractivity contribution in [2.75, 3.05) is 32.8 Å². The van der Waals surface area contributed by atoms with Gasteiger partial charge in [0.1, 0.15) is 54.7 Å². The Hall–Kier alpha value is -6.90. The molecule has 19 nitrogen and oxygen atoms in total. The van der Waals surface area contributed by atoms with Crippen LogP contribution in [0.1, 0.15) is 52.2 Å². The van der Waals surface area contributed by atoms with Gasteiger partial charge in [-0.3, -0.25) is 23.9 Å². The number of carbonyl (C=O) groups is 2. The summed E-state index contributed by atoms with van der Waals surface area (Å²) in [6, 6.07) is 32.9. The molecule has 1 aliphatic heterocycles. The van der Waals surface area contributed by atoms with Gasteiger partial charge in [0.15, 0.2) is 17.0 Å². The maximum absolute atomic E-state index is 14.5. The molecule has 1 fully saturated rings. The summed E-state index contributed by atoms with van der Waals surface area (Å²) in [6.45, 7) is -2.68. The fourth-order valence-corrected chi connectivity index (χ4v) is 9.47. The summed E-state index contributed by atoms with van der Waals surface area (Å²) >= 11 is 5.58.